The first-order chi connectivity index (χ1) is 4.90. The van der Waals surface area contributed by atoms with E-state index >= 15 is 0 Å². The normalized spacial score (nSPS) is 10.9. The van der Waals surface area contributed by atoms with Crippen molar-refractivity contribution in [3.8, 4) is 0 Å². The van der Waals surface area contributed by atoms with Gasteiger partial charge >= 0.3 is 5.97 Å². The molecule has 0 spiro atoms. The van der Waals surface area contributed by atoms with Crippen LogP contribution in [0, 0.1) is 0 Å². The lowest BCUT2D eigenvalue weighted by atomic mass is 10.2. The van der Waals surface area contributed by atoms with Gasteiger partial charge in [-0.3, -0.25) is 9.59 Å². The quantitative estimate of drug-likeness (QED) is 0.486. The van der Waals surface area contributed by atoms with Crippen LogP contribution in [0.4, 0.5) is 0 Å². The highest BCUT2D eigenvalue weighted by Gasteiger charge is 2.29. The molecule has 0 N–H and O–H groups in total. The van der Waals surface area contributed by atoms with Crippen LogP contribution in [-0.2, 0) is 14.3 Å². The lowest BCUT2D eigenvalue weighted by molar-refractivity contribution is -0.160. The zero-order valence-corrected chi connectivity index (χ0v) is 7.57. The number of hydrogen-bond acceptors (Lipinski definition) is 3. The van der Waals surface area contributed by atoms with Gasteiger partial charge in [-0.15, -0.1) is 0 Å². The molecule has 0 heterocycles. The number of carbonyl (C=O) groups excluding carboxylic acids is 2. The van der Waals surface area contributed by atoms with Crippen LogP contribution in [-0.4, -0.2) is 16.8 Å². The van der Waals surface area contributed by atoms with Gasteiger partial charge in [0.2, 0.25) is 0 Å². The van der Waals surface area contributed by atoms with Crippen molar-refractivity contribution in [2.45, 2.75) is 32.8 Å². The van der Waals surface area contributed by atoms with Crippen molar-refractivity contribution in [1.82, 2.24) is 0 Å². The molecule has 0 rings (SSSR count). The van der Waals surface area contributed by atoms with Gasteiger partial charge in [0.1, 0.15) is 0 Å². The molecule has 11 heavy (non-hydrogen) atoms. The number of carbonyl (C=O) groups is 2. The monoisotopic (exact) mass is 178 g/mol. The summed E-state index contributed by atoms with van der Waals surface area (Å²) in [7, 11) is 0. The number of ether oxygens (including phenoxy) is 1. The van der Waals surface area contributed by atoms with Crippen molar-refractivity contribution in [1.29, 1.82) is 0 Å². The first kappa shape index (κ1) is 10.4. The van der Waals surface area contributed by atoms with E-state index in [1.54, 1.807) is 6.92 Å². The van der Waals surface area contributed by atoms with Crippen molar-refractivity contribution in [2.24, 2.45) is 0 Å². The van der Waals surface area contributed by atoms with Crippen LogP contribution < -0.4 is 0 Å². The van der Waals surface area contributed by atoms with Crippen LogP contribution in [0.25, 0.3) is 0 Å². The maximum atomic E-state index is 10.7. The van der Waals surface area contributed by atoms with Gasteiger partial charge in [-0.25, -0.2) is 0 Å². The summed E-state index contributed by atoms with van der Waals surface area (Å²) in [6.07, 6.45) is 0.244. The lowest BCUT2D eigenvalue weighted by Crippen LogP contribution is -2.33. The third-order valence-corrected chi connectivity index (χ3v) is 1.59. The molecule has 0 saturated carbocycles. The molecule has 64 valence electrons. The highest BCUT2D eigenvalue weighted by atomic mass is 35.5. The fraction of sp³-hybridized carbons (Fsp3) is 0.714. The van der Waals surface area contributed by atoms with Crippen LogP contribution in [0.1, 0.15) is 27.2 Å². The second-order valence-electron chi connectivity index (χ2n) is 2.61. The first-order valence-corrected chi connectivity index (χ1v) is 3.69. The molecule has 0 bridgehead atoms. The van der Waals surface area contributed by atoms with Crippen LogP contribution >= 0.6 is 11.6 Å². The summed E-state index contributed by atoms with van der Waals surface area (Å²) in [5.41, 5.74) is -1.20. The molecule has 0 aliphatic heterocycles. The molecule has 4 heteroatoms. The highest BCUT2D eigenvalue weighted by Crippen LogP contribution is 2.13. The van der Waals surface area contributed by atoms with Gasteiger partial charge < -0.3 is 4.74 Å². The number of rotatable bonds is 3. The molecule has 0 radical (unpaired) electrons. The van der Waals surface area contributed by atoms with Crippen molar-refractivity contribution in [2.75, 3.05) is 0 Å². The summed E-state index contributed by atoms with van der Waals surface area (Å²) in [6, 6.07) is 0. The van der Waals surface area contributed by atoms with Gasteiger partial charge in [-0.05, 0) is 25.4 Å². The minimum Gasteiger partial charge on any atom is -0.450 e. The minimum absolute atomic E-state index is 0.244. The second-order valence-corrected chi connectivity index (χ2v) is 2.95. The molecule has 0 amide bonds. The number of esters is 1. The second kappa shape index (κ2) is 3.72. The third-order valence-electron chi connectivity index (χ3n) is 1.13. The van der Waals surface area contributed by atoms with Crippen molar-refractivity contribution in [3.63, 3.8) is 0 Å². The van der Waals surface area contributed by atoms with Crippen molar-refractivity contribution < 1.29 is 14.3 Å². The van der Waals surface area contributed by atoms with E-state index in [1.807, 2.05) is 0 Å². The fourth-order valence-corrected chi connectivity index (χ4v) is 0.435. The van der Waals surface area contributed by atoms with Gasteiger partial charge in [0.15, 0.2) is 5.60 Å². The van der Waals surface area contributed by atoms with Gasteiger partial charge in [0, 0.05) is 6.42 Å². The summed E-state index contributed by atoms with van der Waals surface area (Å²) in [5.74, 6) is -0.427. The highest BCUT2D eigenvalue weighted by molar-refractivity contribution is 6.65. The van der Waals surface area contributed by atoms with E-state index < -0.39 is 16.8 Å². The predicted molar refractivity (Wildman–Crippen MR) is 41.3 cm³/mol. The number of halogens is 1. The lowest BCUT2D eigenvalue weighted by Gasteiger charge is -2.19. The van der Waals surface area contributed by atoms with Crippen molar-refractivity contribution >= 4 is 22.8 Å². The number of hydrogen-bond donors (Lipinski definition) is 0. The Labute approximate surface area is 70.7 Å². The maximum absolute atomic E-state index is 10.7. The van der Waals surface area contributed by atoms with Gasteiger partial charge in [-0.1, -0.05) is 6.92 Å². The van der Waals surface area contributed by atoms with E-state index in [4.69, 9.17) is 16.3 Å². The Morgan fingerprint density at radius 1 is 1.45 bits per heavy atom. The molecular formula is C7H11ClO3. The smallest absolute Gasteiger partial charge is 0.306 e. The Balaban J connectivity index is 4.12. The topological polar surface area (TPSA) is 43.4 Å². The van der Waals surface area contributed by atoms with Crippen LogP contribution in [0.15, 0.2) is 0 Å². The molecule has 0 aliphatic rings. The predicted octanol–water partition coefficient (Wildman–Crippen LogP) is 1.48. The summed E-state index contributed by atoms with van der Waals surface area (Å²) < 4.78 is 4.73. The van der Waals surface area contributed by atoms with Crippen LogP contribution in [0.5, 0.6) is 0 Å². The Morgan fingerprint density at radius 3 is 2.18 bits per heavy atom. The van der Waals surface area contributed by atoms with E-state index in [-0.39, 0.29) is 6.42 Å². The molecule has 0 aromatic heterocycles. The van der Waals surface area contributed by atoms with Gasteiger partial charge in [-0.2, -0.15) is 0 Å². The molecule has 0 unspecified atom stereocenters. The largest absolute Gasteiger partial charge is 0.450 e. The Bertz CT molecular complexity index is 175. The van der Waals surface area contributed by atoms with Gasteiger partial charge in [0.25, 0.3) is 5.24 Å². The van der Waals surface area contributed by atoms with E-state index in [2.05, 4.69) is 0 Å². The molecule has 0 atom stereocenters. The average Bonchev–Trinajstić information content (AvgIpc) is 1.86. The van der Waals surface area contributed by atoms with Gasteiger partial charge in [0.05, 0.1) is 0 Å². The summed E-state index contributed by atoms with van der Waals surface area (Å²) in [4.78, 5) is 21.3. The minimum atomic E-state index is -1.20. The Hall–Kier alpha value is -0.570. The summed E-state index contributed by atoms with van der Waals surface area (Å²) >= 11 is 5.15. The fourth-order valence-electron chi connectivity index (χ4n) is 0.397. The molecule has 3 nitrogen and oxygen atoms in total. The van der Waals surface area contributed by atoms with Crippen molar-refractivity contribution in [3.05, 3.63) is 0 Å². The molecule has 0 aromatic carbocycles. The van der Waals surface area contributed by atoms with E-state index in [9.17, 15) is 9.59 Å². The molecular weight excluding hydrogens is 168 g/mol. The van der Waals surface area contributed by atoms with E-state index in [1.165, 1.54) is 13.8 Å². The Kier molecular flexibility index (Phi) is 3.52. The molecule has 0 fully saturated rings. The zero-order valence-electron chi connectivity index (χ0n) is 6.81. The molecule has 0 aliphatic carbocycles. The average molecular weight is 179 g/mol. The SMILES string of the molecule is CCC(=O)OC(C)(C)C(=O)Cl. The van der Waals surface area contributed by atoms with Crippen LogP contribution in [0.2, 0.25) is 0 Å². The first-order valence-electron chi connectivity index (χ1n) is 3.32. The van der Waals surface area contributed by atoms with E-state index in [0.717, 1.165) is 0 Å². The maximum Gasteiger partial charge on any atom is 0.306 e. The molecule has 0 saturated heterocycles. The summed E-state index contributed by atoms with van der Waals surface area (Å²) in [5, 5.41) is -0.667. The standard InChI is InChI=1S/C7H11ClO3/c1-4-5(9)11-7(2,3)6(8)10/h4H2,1-3H3. The van der Waals surface area contributed by atoms with E-state index in [0.29, 0.717) is 0 Å². The zero-order chi connectivity index (χ0) is 9.07. The Morgan fingerprint density at radius 2 is 1.91 bits per heavy atom. The molecule has 0 aromatic rings. The summed E-state index contributed by atoms with van der Waals surface area (Å²) in [6.45, 7) is 4.56. The third kappa shape index (κ3) is 3.37. The van der Waals surface area contributed by atoms with Crippen LogP contribution in [0.3, 0.4) is 0 Å².